The Morgan fingerprint density at radius 3 is 2.94 bits per heavy atom. The molecule has 1 saturated heterocycles. The van der Waals surface area contributed by atoms with E-state index in [0.717, 1.165) is 11.3 Å². The molecule has 2 rings (SSSR count). The van der Waals surface area contributed by atoms with Crippen molar-refractivity contribution in [1.82, 2.24) is 4.90 Å². The van der Waals surface area contributed by atoms with Gasteiger partial charge in [-0.25, -0.2) is 0 Å². The van der Waals surface area contributed by atoms with Crippen LogP contribution < -0.4 is 0 Å². The van der Waals surface area contributed by atoms with Crippen molar-refractivity contribution in [2.75, 3.05) is 13.1 Å². The largest absolute Gasteiger partial charge is 0.481 e. The van der Waals surface area contributed by atoms with Gasteiger partial charge >= 0.3 is 5.97 Å². The molecular formula is C13H17NO3S. The van der Waals surface area contributed by atoms with Gasteiger partial charge in [0.1, 0.15) is 0 Å². The third-order valence-corrected chi connectivity index (χ3v) is 4.35. The van der Waals surface area contributed by atoms with Gasteiger partial charge in [0, 0.05) is 18.0 Å². The van der Waals surface area contributed by atoms with Crippen LogP contribution in [0.15, 0.2) is 17.5 Å². The van der Waals surface area contributed by atoms with Gasteiger partial charge in [0.2, 0.25) is 5.91 Å². The second-order valence-electron chi connectivity index (χ2n) is 5.04. The number of amides is 1. The molecule has 0 saturated carbocycles. The van der Waals surface area contributed by atoms with Crippen LogP contribution in [-0.2, 0) is 16.0 Å². The Morgan fingerprint density at radius 1 is 1.56 bits per heavy atom. The quantitative estimate of drug-likeness (QED) is 0.911. The average Bonchev–Trinajstić information content (AvgIpc) is 2.81. The van der Waals surface area contributed by atoms with Crippen LogP contribution in [0.1, 0.15) is 24.6 Å². The molecule has 1 atom stereocenters. The molecule has 0 aliphatic carbocycles. The molecule has 18 heavy (non-hydrogen) atoms. The van der Waals surface area contributed by atoms with E-state index in [9.17, 15) is 14.7 Å². The molecule has 0 bridgehead atoms. The van der Waals surface area contributed by atoms with Crippen LogP contribution >= 0.6 is 11.3 Å². The van der Waals surface area contributed by atoms with Crippen LogP contribution in [0.25, 0.3) is 0 Å². The molecule has 4 nitrogen and oxygen atoms in total. The van der Waals surface area contributed by atoms with E-state index in [1.54, 1.807) is 23.2 Å². The smallest absolute Gasteiger partial charge is 0.311 e. The molecule has 1 aliphatic heterocycles. The van der Waals surface area contributed by atoms with E-state index >= 15 is 0 Å². The van der Waals surface area contributed by atoms with Gasteiger partial charge in [-0.3, -0.25) is 9.59 Å². The fourth-order valence-corrected chi connectivity index (χ4v) is 3.00. The standard InChI is InChI=1S/C13H17NO3S/c1-13(12(16)17)5-3-6-14(9-13)11(15)8-10-4-2-7-18-10/h2,4,7H,3,5-6,8-9H2,1H3,(H,16,17). The summed E-state index contributed by atoms with van der Waals surface area (Å²) in [5.74, 6) is -0.777. The number of aliphatic carboxylic acids is 1. The summed E-state index contributed by atoms with van der Waals surface area (Å²) in [7, 11) is 0. The SMILES string of the molecule is CC1(C(=O)O)CCCN(C(=O)Cc2cccs2)C1. The Balaban J connectivity index is 2.00. The second-order valence-corrected chi connectivity index (χ2v) is 6.07. The number of thiophene rings is 1. The first-order chi connectivity index (χ1) is 8.51. The first kappa shape index (κ1) is 13.1. The van der Waals surface area contributed by atoms with Crippen molar-refractivity contribution < 1.29 is 14.7 Å². The molecule has 5 heteroatoms. The fraction of sp³-hybridized carbons (Fsp3) is 0.538. The van der Waals surface area contributed by atoms with Gasteiger partial charge in [-0.2, -0.15) is 0 Å². The maximum absolute atomic E-state index is 12.1. The third-order valence-electron chi connectivity index (χ3n) is 3.47. The van der Waals surface area contributed by atoms with E-state index in [1.807, 2.05) is 17.5 Å². The van der Waals surface area contributed by atoms with Crippen LogP contribution in [0.4, 0.5) is 0 Å². The normalized spacial score (nSPS) is 23.9. The molecule has 0 spiro atoms. The summed E-state index contributed by atoms with van der Waals surface area (Å²) < 4.78 is 0. The van der Waals surface area contributed by atoms with Crippen molar-refractivity contribution in [3.8, 4) is 0 Å². The fourth-order valence-electron chi connectivity index (χ4n) is 2.30. The first-order valence-electron chi connectivity index (χ1n) is 6.05. The monoisotopic (exact) mass is 267 g/mol. The van der Waals surface area contributed by atoms with E-state index < -0.39 is 11.4 Å². The van der Waals surface area contributed by atoms with Crippen molar-refractivity contribution in [2.24, 2.45) is 5.41 Å². The number of carbonyl (C=O) groups excluding carboxylic acids is 1. The lowest BCUT2D eigenvalue weighted by Crippen LogP contribution is -2.48. The lowest BCUT2D eigenvalue weighted by molar-refractivity contribution is -0.153. The molecule has 98 valence electrons. The van der Waals surface area contributed by atoms with E-state index in [-0.39, 0.29) is 5.91 Å². The number of nitrogens with zero attached hydrogens (tertiary/aromatic N) is 1. The van der Waals surface area contributed by atoms with Gasteiger partial charge in [0.15, 0.2) is 0 Å². The zero-order valence-electron chi connectivity index (χ0n) is 10.4. The van der Waals surface area contributed by atoms with Crippen LogP contribution in [0.3, 0.4) is 0 Å². The van der Waals surface area contributed by atoms with Crippen molar-refractivity contribution >= 4 is 23.2 Å². The van der Waals surface area contributed by atoms with Gasteiger partial charge in [0.25, 0.3) is 0 Å². The molecule has 1 unspecified atom stereocenters. The number of likely N-dealkylation sites (tertiary alicyclic amines) is 1. The lowest BCUT2D eigenvalue weighted by atomic mass is 9.82. The predicted octanol–water partition coefficient (Wildman–Crippen LogP) is 2.00. The molecule has 1 aliphatic rings. The van der Waals surface area contributed by atoms with E-state index in [1.165, 1.54) is 0 Å². The molecule has 0 radical (unpaired) electrons. The Morgan fingerprint density at radius 2 is 2.33 bits per heavy atom. The molecule has 1 aromatic heterocycles. The zero-order chi connectivity index (χ0) is 13.2. The molecular weight excluding hydrogens is 250 g/mol. The number of carbonyl (C=O) groups is 2. The summed E-state index contributed by atoms with van der Waals surface area (Å²) in [4.78, 5) is 26.1. The highest BCUT2D eigenvalue weighted by Gasteiger charge is 2.39. The number of hydrogen-bond acceptors (Lipinski definition) is 3. The van der Waals surface area contributed by atoms with Gasteiger partial charge < -0.3 is 10.0 Å². The Hall–Kier alpha value is -1.36. The Bertz CT molecular complexity index is 443. The van der Waals surface area contributed by atoms with Gasteiger partial charge in [-0.15, -0.1) is 11.3 Å². The highest BCUT2D eigenvalue weighted by molar-refractivity contribution is 7.10. The van der Waals surface area contributed by atoms with Crippen molar-refractivity contribution in [3.05, 3.63) is 22.4 Å². The average molecular weight is 267 g/mol. The van der Waals surface area contributed by atoms with Gasteiger partial charge in [0.05, 0.1) is 11.8 Å². The van der Waals surface area contributed by atoms with Crippen LogP contribution in [-0.4, -0.2) is 35.0 Å². The van der Waals surface area contributed by atoms with E-state index in [0.29, 0.717) is 25.9 Å². The summed E-state index contributed by atoms with van der Waals surface area (Å²) in [6, 6.07) is 3.85. The zero-order valence-corrected chi connectivity index (χ0v) is 11.2. The minimum atomic E-state index is -0.809. The summed E-state index contributed by atoms with van der Waals surface area (Å²) in [6.07, 6.45) is 1.79. The molecule has 2 heterocycles. The number of piperidine rings is 1. The minimum absolute atomic E-state index is 0.0321. The first-order valence-corrected chi connectivity index (χ1v) is 6.93. The molecule has 1 fully saturated rings. The Labute approximate surface area is 110 Å². The molecule has 1 amide bonds. The highest BCUT2D eigenvalue weighted by atomic mass is 32.1. The molecule has 1 aromatic rings. The summed E-state index contributed by atoms with van der Waals surface area (Å²) in [5.41, 5.74) is -0.788. The van der Waals surface area contributed by atoms with Crippen molar-refractivity contribution in [3.63, 3.8) is 0 Å². The van der Waals surface area contributed by atoms with Crippen LogP contribution in [0, 0.1) is 5.41 Å². The van der Waals surface area contributed by atoms with Crippen molar-refractivity contribution in [2.45, 2.75) is 26.2 Å². The lowest BCUT2D eigenvalue weighted by Gasteiger charge is -2.37. The number of carboxylic acid groups (broad SMARTS) is 1. The predicted molar refractivity (Wildman–Crippen MR) is 69.6 cm³/mol. The third kappa shape index (κ3) is 2.72. The Kier molecular flexibility index (Phi) is 3.71. The molecule has 1 N–H and O–H groups in total. The van der Waals surface area contributed by atoms with Gasteiger partial charge in [-0.1, -0.05) is 6.07 Å². The maximum atomic E-state index is 12.1. The van der Waals surface area contributed by atoms with Crippen LogP contribution in [0.2, 0.25) is 0 Å². The minimum Gasteiger partial charge on any atom is -0.481 e. The van der Waals surface area contributed by atoms with E-state index in [4.69, 9.17) is 0 Å². The van der Waals surface area contributed by atoms with Crippen molar-refractivity contribution in [1.29, 1.82) is 0 Å². The highest BCUT2D eigenvalue weighted by Crippen LogP contribution is 2.30. The number of rotatable bonds is 3. The summed E-state index contributed by atoms with van der Waals surface area (Å²) in [6.45, 7) is 2.72. The van der Waals surface area contributed by atoms with Gasteiger partial charge in [-0.05, 0) is 31.2 Å². The van der Waals surface area contributed by atoms with Crippen LogP contribution in [0.5, 0.6) is 0 Å². The number of carboxylic acids is 1. The summed E-state index contributed by atoms with van der Waals surface area (Å²) >= 11 is 1.56. The maximum Gasteiger partial charge on any atom is 0.311 e. The second kappa shape index (κ2) is 5.10. The topological polar surface area (TPSA) is 57.6 Å². The van der Waals surface area contributed by atoms with E-state index in [2.05, 4.69) is 0 Å². The number of hydrogen-bond donors (Lipinski definition) is 1. The summed E-state index contributed by atoms with van der Waals surface area (Å²) in [5, 5.41) is 11.2. The molecule has 0 aromatic carbocycles.